The summed E-state index contributed by atoms with van der Waals surface area (Å²) in [6.07, 6.45) is 0. The fourth-order valence-corrected chi connectivity index (χ4v) is 10.6. The average Bonchev–Trinajstić information content (AvgIpc) is 3.98. The molecule has 4 heterocycles. The highest BCUT2D eigenvalue weighted by Gasteiger charge is 2.21. The van der Waals surface area contributed by atoms with Crippen LogP contribution in [0.2, 0.25) is 0 Å². The van der Waals surface area contributed by atoms with Crippen molar-refractivity contribution in [2.24, 2.45) is 0 Å². The molecule has 0 saturated carbocycles. The summed E-state index contributed by atoms with van der Waals surface area (Å²) in [5, 5.41) is 7.17. The maximum atomic E-state index is 6.69. The molecule has 0 amide bonds. The van der Waals surface area contributed by atoms with Crippen molar-refractivity contribution >= 4 is 85.0 Å². The molecule has 0 spiro atoms. The van der Waals surface area contributed by atoms with Gasteiger partial charge in [-0.2, -0.15) is 0 Å². The quantitative estimate of drug-likeness (QED) is 0.175. The number of furan rings is 1. The molecular weight excluding hydrogens is 735 g/mol. The van der Waals surface area contributed by atoms with E-state index in [1.54, 1.807) is 11.3 Å². The number of hydrogen-bond acceptors (Lipinski definition) is 6. The summed E-state index contributed by atoms with van der Waals surface area (Å²) in [7, 11) is 0. The van der Waals surface area contributed by atoms with Crippen molar-refractivity contribution in [2.45, 2.75) is 0 Å². The van der Waals surface area contributed by atoms with E-state index in [2.05, 4.69) is 133 Å². The van der Waals surface area contributed by atoms with E-state index in [-0.39, 0.29) is 0 Å². The molecule has 12 rings (SSSR count). The van der Waals surface area contributed by atoms with E-state index in [9.17, 15) is 0 Å². The van der Waals surface area contributed by atoms with Gasteiger partial charge in [-0.3, -0.25) is 0 Å². The second kappa shape index (κ2) is 12.8. The highest BCUT2D eigenvalue weighted by Crippen LogP contribution is 2.47. The minimum absolute atomic E-state index is 0.653. The van der Waals surface area contributed by atoms with Gasteiger partial charge in [0.15, 0.2) is 17.5 Å². The summed E-state index contributed by atoms with van der Waals surface area (Å²) in [5.74, 6) is 1.96. The Hall–Kier alpha value is -6.99. The second-order valence-electron chi connectivity index (χ2n) is 14.3. The van der Waals surface area contributed by atoms with Crippen molar-refractivity contribution in [2.75, 3.05) is 0 Å². The van der Waals surface area contributed by atoms with Gasteiger partial charge in [0.05, 0.1) is 0 Å². The van der Waals surface area contributed by atoms with Crippen LogP contribution in [-0.4, -0.2) is 15.0 Å². The van der Waals surface area contributed by atoms with E-state index in [1.807, 2.05) is 53.8 Å². The highest BCUT2D eigenvalue weighted by molar-refractivity contribution is 7.26. The Kier molecular flexibility index (Phi) is 7.24. The zero-order valence-electron chi connectivity index (χ0n) is 30.3. The Labute approximate surface area is 335 Å². The van der Waals surface area contributed by atoms with Crippen molar-refractivity contribution in [1.82, 2.24) is 15.0 Å². The number of nitrogens with zero attached hydrogens (tertiary/aromatic N) is 3. The summed E-state index contributed by atoms with van der Waals surface area (Å²) >= 11 is 3.63. The first-order chi connectivity index (χ1) is 28.2. The standard InChI is InChI=1S/C51H29N3OS2/c1-3-13-30(14-4-1)49-52-50(31-15-5-2-6-16-31)54-51(53-49)38-21-11-20-37-46-34(19-12-24-45(46)57-48(37)38)33-28-39(47-41(29-33)35-17-7-9-22-42(35)55-47)32-25-26-44-40(27-32)36-18-8-10-23-43(36)56-44/h1-29H. The minimum Gasteiger partial charge on any atom is -0.455 e. The number of fused-ring (bicyclic) bond motifs is 9. The monoisotopic (exact) mass is 763 g/mol. The molecule has 57 heavy (non-hydrogen) atoms. The smallest absolute Gasteiger partial charge is 0.165 e. The number of benzene rings is 8. The molecule has 0 aliphatic heterocycles. The van der Waals surface area contributed by atoms with E-state index in [0.29, 0.717) is 17.5 Å². The molecule has 0 bridgehead atoms. The fourth-order valence-electron chi connectivity index (χ4n) is 8.28. The van der Waals surface area contributed by atoms with Crippen LogP contribution in [0, 0.1) is 0 Å². The molecule has 6 heteroatoms. The lowest BCUT2D eigenvalue weighted by Gasteiger charge is -2.11. The van der Waals surface area contributed by atoms with Gasteiger partial charge in [-0.25, -0.2) is 15.0 Å². The number of hydrogen-bond donors (Lipinski definition) is 0. The van der Waals surface area contributed by atoms with Crippen molar-refractivity contribution in [3.63, 3.8) is 0 Å². The molecule has 0 aliphatic rings. The Morgan fingerprint density at radius 3 is 1.77 bits per heavy atom. The summed E-state index contributed by atoms with van der Waals surface area (Å²) in [6, 6.07) is 62.0. The van der Waals surface area contributed by atoms with Crippen LogP contribution in [0.25, 0.3) is 119 Å². The zero-order chi connectivity index (χ0) is 37.5. The molecule has 266 valence electrons. The normalized spacial score (nSPS) is 11.9. The van der Waals surface area contributed by atoms with E-state index in [1.165, 1.54) is 41.2 Å². The minimum atomic E-state index is 0.653. The van der Waals surface area contributed by atoms with Crippen LogP contribution in [0.5, 0.6) is 0 Å². The Morgan fingerprint density at radius 1 is 0.351 bits per heavy atom. The van der Waals surface area contributed by atoms with E-state index < -0.39 is 0 Å². The zero-order valence-corrected chi connectivity index (χ0v) is 31.9. The summed E-state index contributed by atoms with van der Waals surface area (Å²) in [6.45, 7) is 0. The fraction of sp³-hybridized carbons (Fsp3) is 0. The van der Waals surface area contributed by atoms with Crippen molar-refractivity contribution < 1.29 is 4.42 Å². The molecule has 0 atom stereocenters. The summed E-state index contributed by atoms with van der Waals surface area (Å²) in [4.78, 5) is 15.2. The van der Waals surface area contributed by atoms with Gasteiger partial charge in [-0.1, -0.05) is 127 Å². The van der Waals surface area contributed by atoms with Crippen LogP contribution >= 0.6 is 22.7 Å². The average molecular weight is 764 g/mol. The Morgan fingerprint density at radius 2 is 0.965 bits per heavy atom. The summed E-state index contributed by atoms with van der Waals surface area (Å²) in [5.41, 5.74) is 9.23. The molecule has 0 aliphatic carbocycles. The lowest BCUT2D eigenvalue weighted by Crippen LogP contribution is -2.00. The third-order valence-electron chi connectivity index (χ3n) is 10.9. The largest absolute Gasteiger partial charge is 0.455 e. The van der Waals surface area contributed by atoms with Crippen LogP contribution in [0.4, 0.5) is 0 Å². The van der Waals surface area contributed by atoms with E-state index >= 15 is 0 Å². The van der Waals surface area contributed by atoms with Crippen LogP contribution in [0.1, 0.15) is 0 Å². The molecule has 0 N–H and O–H groups in total. The number of aromatic nitrogens is 3. The molecule has 4 nitrogen and oxygen atoms in total. The summed E-state index contributed by atoms with van der Waals surface area (Å²) < 4.78 is 11.6. The number of rotatable bonds is 5. The number of para-hydroxylation sites is 1. The lowest BCUT2D eigenvalue weighted by atomic mass is 9.93. The molecule has 0 unspecified atom stereocenters. The van der Waals surface area contributed by atoms with Crippen molar-refractivity contribution in [1.29, 1.82) is 0 Å². The van der Waals surface area contributed by atoms with E-state index in [0.717, 1.165) is 60.0 Å². The first kappa shape index (κ1) is 32.3. The SMILES string of the molecule is c1ccc(-c2nc(-c3ccccc3)nc(-c3cccc4c3sc3cccc(-c5cc(-c6ccc7sc8ccccc8c7c6)c6oc7ccccc7c6c5)c34)n2)cc1. The first-order valence-corrected chi connectivity index (χ1v) is 20.6. The third-order valence-corrected chi connectivity index (χ3v) is 13.3. The molecule has 0 radical (unpaired) electrons. The molecular formula is C51H29N3OS2. The van der Waals surface area contributed by atoms with Crippen LogP contribution in [-0.2, 0) is 0 Å². The first-order valence-electron chi connectivity index (χ1n) is 18.9. The van der Waals surface area contributed by atoms with Gasteiger partial charge in [-0.15, -0.1) is 22.7 Å². The Bertz CT molecular complexity index is 3470. The second-order valence-corrected chi connectivity index (χ2v) is 16.4. The van der Waals surface area contributed by atoms with Crippen LogP contribution in [0.15, 0.2) is 180 Å². The van der Waals surface area contributed by atoms with Gasteiger partial charge < -0.3 is 4.42 Å². The molecule has 4 aromatic heterocycles. The molecule has 12 aromatic rings. The molecule has 0 saturated heterocycles. The predicted molar refractivity (Wildman–Crippen MR) is 240 cm³/mol. The lowest BCUT2D eigenvalue weighted by molar-refractivity contribution is 0.670. The van der Waals surface area contributed by atoms with Gasteiger partial charge in [0.1, 0.15) is 11.2 Å². The highest BCUT2D eigenvalue weighted by atomic mass is 32.1. The molecule has 8 aromatic carbocycles. The van der Waals surface area contributed by atoms with Gasteiger partial charge in [-0.05, 0) is 65.2 Å². The van der Waals surface area contributed by atoms with Crippen LogP contribution < -0.4 is 0 Å². The van der Waals surface area contributed by atoms with Crippen molar-refractivity contribution in [3.8, 4) is 56.4 Å². The predicted octanol–water partition coefficient (Wildman–Crippen LogP) is 14.8. The number of thiophene rings is 2. The molecule has 0 fully saturated rings. The van der Waals surface area contributed by atoms with Crippen molar-refractivity contribution in [3.05, 3.63) is 176 Å². The van der Waals surface area contributed by atoms with Gasteiger partial charge >= 0.3 is 0 Å². The third kappa shape index (κ3) is 5.22. The van der Waals surface area contributed by atoms with Crippen LogP contribution in [0.3, 0.4) is 0 Å². The topological polar surface area (TPSA) is 51.8 Å². The van der Waals surface area contributed by atoms with Gasteiger partial charge in [0, 0.05) is 73.4 Å². The van der Waals surface area contributed by atoms with E-state index in [4.69, 9.17) is 19.4 Å². The maximum absolute atomic E-state index is 6.69. The van der Waals surface area contributed by atoms with Gasteiger partial charge in [0.2, 0.25) is 0 Å². The van der Waals surface area contributed by atoms with Gasteiger partial charge in [0.25, 0.3) is 0 Å². The maximum Gasteiger partial charge on any atom is 0.165 e. The Balaban J connectivity index is 1.09.